The number of allylic oxidation sites excluding steroid dienone is 1. The summed E-state index contributed by atoms with van der Waals surface area (Å²) in [4.78, 5) is 0. The van der Waals surface area contributed by atoms with Crippen LogP contribution in [-0.4, -0.2) is 19.5 Å². The van der Waals surface area contributed by atoms with Gasteiger partial charge >= 0.3 is 6.11 Å². The van der Waals surface area contributed by atoms with Crippen LogP contribution in [0.25, 0.3) is 28.3 Å². The Morgan fingerprint density at radius 3 is 2.02 bits per heavy atom. The quantitative estimate of drug-likeness (QED) is 0.0794. The van der Waals surface area contributed by atoms with Crippen molar-refractivity contribution in [1.29, 1.82) is 0 Å². The fraction of sp³-hybridized carbons (Fsp3) is 0.316. The Kier molecular flexibility index (Phi) is 11.8. The molecule has 0 spiro atoms. The summed E-state index contributed by atoms with van der Waals surface area (Å²) in [5, 5.41) is 0. The molecule has 0 aliphatic carbocycles. The number of halogens is 8. The maximum atomic E-state index is 15.0. The molecule has 49 heavy (non-hydrogen) atoms. The van der Waals surface area contributed by atoms with Gasteiger partial charge in [0.2, 0.25) is 0 Å². The van der Waals surface area contributed by atoms with Crippen LogP contribution in [0.4, 0.5) is 35.1 Å². The number of rotatable bonds is 13. The Morgan fingerprint density at radius 1 is 0.714 bits per heavy atom. The molecule has 5 rings (SSSR count). The molecule has 0 saturated carbocycles. The lowest BCUT2D eigenvalue weighted by molar-refractivity contribution is -0.203. The van der Waals surface area contributed by atoms with Gasteiger partial charge in [0.15, 0.2) is 23.7 Å². The van der Waals surface area contributed by atoms with Crippen molar-refractivity contribution in [2.75, 3.05) is 13.2 Å². The molecule has 1 aliphatic heterocycles. The Morgan fingerprint density at radius 2 is 1.37 bits per heavy atom. The smallest absolute Gasteiger partial charge is 0.429 e. The third-order valence-corrected chi connectivity index (χ3v) is 8.20. The second kappa shape index (κ2) is 16.0. The molecule has 0 atom stereocenters. The molecule has 0 unspecified atom stereocenters. The zero-order chi connectivity index (χ0) is 35.1. The molecule has 1 aliphatic rings. The highest BCUT2D eigenvalue weighted by molar-refractivity contribution is 5.72. The molecule has 0 bridgehead atoms. The first-order valence-electron chi connectivity index (χ1n) is 16.0. The van der Waals surface area contributed by atoms with Crippen LogP contribution < -0.4 is 4.74 Å². The van der Waals surface area contributed by atoms with E-state index in [1.54, 1.807) is 12.2 Å². The van der Waals surface area contributed by atoms with Gasteiger partial charge in [0.05, 0.1) is 18.8 Å². The summed E-state index contributed by atoms with van der Waals surface area (Å²) >= 11 is 0. The van der Waals surface area contributed by atoms with Crippen molar-refractivity contribution in [2.24, 2.45) is 5.92 Å². The van der Waals surface area contributed by atoms with Crippen LogP contribution in [0.1, 0.15) is 56.6 Å². The van der Waals surface area contributed by atoms with Gasteiger partial charge in [0, 0.05) is 29.5 Å². The van der Waals surface area contributed by atoms with Crippen LogP contribution in [0.15, 0.2) is 72.8 Å². The highest BCUT2D eigenvalue weighted by Crippen LogP contribution is 2.36. The zero-order valence-electron chi connectivity index (χ0n) is 26.6. The Hall–Kier alpha value is -4.22. The Bertz CT molecular complexity index is 1760. The summed E-state index contributed by atoms with van der Waals surface area (Å²) in [7, 11) is 0. The first-order chi connectivity index (χ1) is 23.4. The molecule has 4 aromatic rings. The molecule has 3 nitrogen and oxygen atoms in total. The molecule has 0 radical (unpaired) electrons. The van der Waals surface area contributed by atoms with Gasteiger partial charge in [-0.2, -0.15) is 8.78 Å². The van der Waals surface area contributed by atoms with E-state index in [1.165, 1.54) is 18.6 Å². The number of benzene rings is 4. The molecular weight excluding hydrogens is 656 g/mol. The molecule has 1 heterocycles. The fourth-order valence-corrected chi connectivity index (χ4v) is 5.55. The largest absolute Gasteiger partial charge is 0.429 e. The molecule has 260 valence electrons. The predicted octanol–water partition coefficient (Wildman–Crippen LogP) is 11.3. The lowest BCUT2D eigenvalue weighted by Gasteiger charge is -2.29. The van der Waals surface area contributed by atoms with E-state index < -0.39 is 52.3 Å². The van der Waals surface area contributed by atoms with Gasteiger partial charge in [0.25, 0.3) is 0 Å². The third-order valence-electron chi connectivity index (χ3n) is 8.20. The van der Waals surface area contributed by atoms with Gasteiger partial charge < -0.3 is 14.2 Å². The SMILES string of the molecule is CCCCCC1COC(CC/C=C/c2ccc(C(F)(F)Oc3ccc(-c4ccc(-c5cc(F)c(F)c(F)c5)c(F)c4)c(F)c3)c(F)c2)OC1. The van der Waals surface area contributed by atoms with Crippen LogP contribution in [0.2, 0.25) is 0 Å². The van der Waals surface area contributed by atoms with Crippen LogP contribution >= 0.6 is 0 Å². The second-order valence-corrected chi connectivity index (χ2v) is 11.9. The summed E-state index contributed by atoms with van der Waals surface area (Å²) in [6, 6.07) is 10.3. The topological polar surface area (TPSA) is 27.7 Å². The predicted molar refractivity (Wildman–Crippen MR) is 170 cm³/mol. The highest BCUT2D eigenvalue weighted by Gasteiger charge is 2.38. The van der Waals surface area contributed by atoms with E-state index in [1.807, 2.05) is 0 Å². The number of ether oxygens (including phenoxy) is 3. The maximum Gasteiger partial charge on any atom is 0.429 e. The summed E-state index contributed by atoms with van der Waals surface area (Å²) in [6.07, 6.45) is 4.62. The lowest BCUT2D eigenvalue weighted by Crippen LogP contribution is -2.31. The van der Waals surface area contributed by atoms with E-state index in [4.69, 9.17) is 9.47 Å². The Balaban J connectivity index is 1.18. The molecule has 1 fully saturated rings. The lowest BCUT2D eigenvalue weighted by atomic mass is 9.99. The van der Waals surface area contributed by atoms with Gasteiger partial charge in [-0.25, -0.2) is 26.3 Å². The van der Waals surface area contributed by atoms with Crippen LogP contribution in [0.5, 0.6) is 5.75 Å². The van der Waals surface area contributed by atoms with Crippen LogP contribution in [-0.2, 0) is 15.6 Å². The summed E-state index contributed by atoms with van der Waals surface area (Å²) in [5.41, 5.74) is -1.50. The van der Waals surface area contributed by atoms with Gasteiger partial charge in [-0.3, -0.25) is 0 Å². The number of hydrogen-bond donors (Lipinski definition) is 0. The van der Waals surface area contributed by atoms with Crippen molar-refractivity contribution < 1.29 is 49.3 Å². The van der Waals surface area contributed by atoms with Gasteiger partial charge in [-0.15, -0.1) is 0 Å². The number of unbranched alkanes of at least 4 members (excludes halogenated alkanes) is 2. The maximum absolute atomic E-state index is 15.0. The minimum absolute atomic E-state index is 0.0277. The molecular formula is C38H34F8O3. The van der Waals surface area contributed by atoms with E-state index in [0.29, 0.717) is 55.7 Å². The summed E-state index contributed by atoms with van der Waals surface area (Å²) < 4.78 is 131. The first-order valence-corrected chi connectivity index (χ1v) is 16.0. The Labute approximate surface area is 279 Å². The van der Waals surface area contributed by atoms with Gasteiger partial charge in [-0.1, -0.05) is 56.5 Å². The van der Waals surface area contributed by atoms with Crippen LogP contribution in [0.3, 0.4) is 0 Å². The summed E-state index contributed by atoms with van der Waals surface area (Å²) in [6.45, 7) is 3.46. The monoisotopic (exact) mass is 690 g/mol. The van der Waals surface area contributed by atoms with Gasteiger partial charge in [0.1, 0.15) is 23.2 Å². The normalized spacial score (nSPS) is 16.8. The van der Waals surface area contributed by atoms with Crippen molar-refractivity contribution in [2.45, 2.75) is 57.8 Å². The van der Waals surface area contributed by atoms with Crippen molar-refractivity contribution in [1.82, 2.24) is 0 Å². The minimum atomic E-state index is -4.17. The number of alkyl halides is 2. The molecule has 1 saturated heterocycles. The fourth-order valence-electron chi connectivity index (χ4n) is 5.55. The molecule has 0 aromatic heterocycles. The van der Waals surface area contributed by atoms with Crippen molar-refractivity contribution in [3.8, 4) is 28.0 Å². The van der Waals surface area contributed by atoms with E-state index in [2.05, 4.69) is 11.7 Å². The van der Waals surface area contributed by atoms with Crippen LogP contribution in [0, 0.1) is 40.8 Å². The van der Waals surface area contributed by atoms with Gasteiger partial charge in [-0.05, 0) is 72.0 Å². The minimum Gasteiger partial charge on any atom is -0.429 e. The second-order valence-electron chi connectivity index (χ2n) is 11.9. The van der Waals surface area contributed by atoms with E-state index in [-0.39, 0.29) is 28.5 Å². The molecule has 0 amide bonds. The van der Waals surface area contributed by atoms with Crippen molar-refractivity contribution >= 4 is 6.08 Å². The van der Waals surface area contributed by atoms with E-state index in [0.717, 1.165) is 55.7 Å². The standard InChI is InChI=1S/C38H34F8O3/c1-2-3-4-8-24-21-47-36(48-22-24)9-6-5-7-23-10-15-30(33(41)16-23)38(45,46)49-27-12-14-28(32(40)20-27)25-11-13-29(31(39)17-25)26-18-34(42)37(44)35(43)19-26/h5,7,10-20,24,36H,2-4,6,8-9,21-22H2,1H3/b7-5+. The van der Waals surface area contributed by atoms with Crippen molar-refractivity contribution in [3.63, 3.8) is 0 Å². The van der Waals surface area contributed by atoms with E-state index >= 15 is 4.39 Å². The molecule has 0 N–H and O–H groups in total. The van der Waals surface area contributed by atoms with Crippen molar-refractivity contribution in [3.05, 3.63) is 119 Å². The molecule has 4 aromatic carbocycles. The molecule has 11 heteroatoms. The average Bonchev–Trinajstić information content (AvgIpc) is 3.06. The number of hydrogen-bond acceptors (Lipinski definition) is 3. The first kappa shape index (κ1) is 36.1. The average molecular weight is 691 g/mol. The summed E-state index contributed by atoms with van der Waals surface area (Å²) in [5.74, 6) is -8.24. The highest BCUT2D eigenvalue weighted by atomic mass is 19.3. The third kappa shape index (κ3) is 9.07. The zero-order valence-corrected chi connectivity index (χ0v) is 26.6. The van der Waals surface area contributed by atoms with E-state index in [9.17, 15) is 30.7 Å².